The summed E-state index contributed by atoms with van der Waals surface area (Å²) in [5, 5.41) is 2.87. The highest BCUT2D eigenvalue weighted by molar-refractivity contribution is 7.00. The predicted molar refractivity (Wildman–Crippen MR) is 106 cm³/mol. The first-order valence-corrected chi connectivity index (χ1v) is 9.79. The zero-order valence-electron chi connectivity index (χ0n) is 15.3. The Kier molecular flexibility index (Phi) is 5.37. The van der Waals surface area contributed by atoms with Crippen LogP contribution in [0.15, 0.2) is 42.5 Å². The summed E-state index contributed by atoms with van der Waals surface area (Å²) >= 11 is 1.09. The molecule has 3 aromatic rings. The van der Waals surface area contributed by atoms with E-state index in [-0.39, 0.29) is 12.5 Å². The zero-order chi connectivity index (χ0) is 20.4. The molecule has 0 bridgehead atoms. The first-order chi connectivity index (χ1) is 13.9. The molecule has 29 heavy (non-hydrogen) atoms. The van der Waals surface area contributed by atoms with Gasteiger partial charge in [0.05, 0.1) is 29.5 Å². The van der Waals surface area contributed by atoms with Gasteiger partial charge in [-0.2, -0.15) is 21.9 Å². The number of rotatable bonds is 4. The van der Waals surface area contributed by atoms with Crippen LogP contribution in [0.3, 0.4) is 0 Å². The number of alkyl halides is 3. The molecule has 0 unspecified atom stereocenters. The molecule has 1 amide bonds. The first-order valence-electron chi connectivity index (χ1n) is 9.06. The summed E-state index contributed by atoms with van der Waals surface area (Å²) in [7, 11) is 0. The maximum atomic E-state index is 12.9. The number of carbonyl (C=O) groups excluding carboxylic acids is 1. The van der Waals surface area contributed by atoms with Gasteiger partial charge in [0.15, 0.2) is 0 Å². The minimum Gasteiger partial charge on any atom is -0.369 e. The van der Waals surface area contributed by atoms with Crippen LogP contribution >= 0.6 is 11.7 Å². The minimum absolute atomic E-state index is 0.155. The molecule has 1 N–H and O–H groups in total. The summed E-state index contributed by atoms with van der Waals surface area (Å²) in [6.45, 7) is 2.50. The third-order valence-electron chi connectivity index (χ3n) is 4.84. The Hall–Kier alpha value is -2.72. The van der Waals surface area contributed by atoms with Crippen molar-refractivity contribution in [2.24, 2.45) is 0 Å². The molecule has 1 aromatic heterocycles. The molecule has 1 fully saturated rings. The van der Waals surface area contributed by atoms with Crippen LogP contribution in [-0.4, -0.2) is 52.3 Å². The third-order valence-corrected chi connectivity index (χ3v) is 5.38. The summed E-state index contributed by atoms with van der Waals surface area (Å²) in [6, 6.07) is 10.8. The van der Waals surface area contributed by atoms with E-state index >= 15 is 0 Å². The number of nitrogens with zero attached hydrogens (tertiary/aromatic N) is 4. The fourth-order valence-corrected chi connectivity index (χ4v) is 3.89. The lowest BCUT2D eigenvalue weighted by molar-refractivity contribution is -0.137. The summed E-state index contributed by atoms with van der Waals surface area (Å²) in [6.07, 6.45) is -4.36. The summed E-state index contributed by atoms with van der Waals surface area (Å²) in [4.78, 5) is 16.3. The topological polar surface area (TPSA) is 61.4 Å². The summed E-state index contributed by atoms with van der Waals surface area (Å²) in [5.74, 6) is -0.155. The second kappa shape index (κ2) is 7.96. The molecule has 0 radical (unpaired) electrons. The summed E-state index contributed by atoms with van der Waals surface area (Å²) in [5.41, 5.74) is 1.93. The Bertz CT molecular complexity index is 1010. The molecule has 0 atom stereocenters. The highest BCUT2D eigenvalue weighted by Crippen LogP contribution is 2.31. The molecule has 1 aliphatic rings. The quantitative estimate of drug-likeness (QED) is 0.699. The fourth-order valence-electron chi connectivity index (χ4n) is 3.34. The minimum atomic E-state index is -4.36. The monoisotopic (exact) mass is 421 g/mol. The van der Waals surface area contributed by atoms with Crippen molar-refractivity contribution in [3.8, 4) is 0 Å². The van der Waals surface area contributed by atoms with E-state index in [1.54, 1.807) is 12.1 Å². The molecule has 0 saturated carbocycles. The lowest BCUT2D eigenvalue weighted by Crippen LogP contribution is -2.48. The van der Waals surface area contributed by atoms with Crippen molar-refractivity contribution in [3.63, 3.8) is 0 Å². The van der Waals surface area contributed by atoms with E-state index in [9.17, 15) is 18.0 Å². The average molecular weight is 421 g/mol. The molecule has 2 aromatic carbocycles. The molecule has 6 nitrogen and oxygen atoms in total. The average Bonchev–Trinajstić information content (AvgIpc) is 3.18. The van der Waals surface area contributed by atoms with Gasteiger partial charge in [-0.1, -0.05) is 12.1 Å². The van der Waals surface area contributed by atoms with Crippen LogP contribution in [0.4, 0.5) is 24.5 Å². The number of nitrogens with one attached hydrogen (secondary N) is 1. The van der Waals surface area contributed by atoms with Gasteiger partial charge < -0.3 is 10.2 Å². The normalized spacial score (nSPS) is 15.6. The van der Waals surface area contributed by atoms with Crippen LogP contribution in [0.2, 0.25) is 0 Å². The van der Waals surface area contributed by atoms with E-state index in [0.29, 0.717) is 43.1 Å². The standard InChI is InChI=1S/C19H18F3N5OS/c20-19(21,22)13-3-1-4-14(11-13)27-9-7-26(8-10-27)12-17(28)23-15-5-2-6-16-18(15)25-29-24-16/h1-6,11H,7-10,12H2,(H,23,28). The smallest absolute Gasteiger partial charge is 0.369 e. The predicted octanol–water partition coefficient (Wildman–Crippen LogP) is 3.47. The Morgan fingerprint density at radius 3 is 2.59 bits per heavy atom. The van der Waals surface area contributed by atoms with Gasteiger partial charge in [0.1, 0.15) is 11.0 Å². The van der Waals surface area contributed by atoms with Crippen molar-refractivity contribution >= 4 is 40.0 Å². The van der Waals surface area contributed by atoms with Crippen LogP contribution in [0.5, 0.6) is 0 Å². The Balaban J connectivity index is 1.33. The molecule has 0 aliphatic carbocycles. The van der Waals surface area contributed by atoms with Gasteiger partial charge in [0.25, 0.3) is 0 Å². The van der Waals surface area contributed by atoms with Crippen molar-refractivity contribution < 1.29 is 18.0 Å². The highest BCUT2D eigenvalue weighted by atomic mass is 32.1. The lowest BCUT2D eigenvalue weighted by atomic mass is 10.1. The van der Waals surface area contributed by atoms with Crippen molar-refractivity contribution in [2.75, 3.05) is 42.9 Å². The van der Waals surface area contributed by atoms with E-state index in [4.69, 9.17) is 0 Å². The van der Waals surface area contributed by atoms with Crippen LogP contribution < -0.4 is 10.2 Å². The van der Waals surface area contributed by atoms with Gasteiger partial charge in [-0.05, 0) is 30.3 Å². The molecule has 2 heterocycles. The van der Waals surface area contributed by atoms with Gasteiger partial charge in [-0.25, -0.2) is 0 Å². The lowest BCUT2D eigenvalue weighted by Gasteiger charge is -2.36. The van der Waals surface area contributed by atoms with E-state index in [1.807, 2.05) is 21.9 Å². The van der Waals surface area contributed by atoms with E-state index < -0.39 is 11.7 Å². The van der Waals surface area contributed by atoms with Crippen LogP contribution in [0.1, 0.15) is 5.56 Å². The highest BCUT2D eigenvalue weighted by Gasteiger charge is 2.31. The molecule has 152 valence electrons. The summed E-state index contributed by atoms with van der Waals surface area (Å²) < 4.78 is 47.1. The number of carbonyl (C=O) groups is 1. The Morgan fingerprint density at radius 1 is 1.07 bits per heavy atom. The molecule has 1 saturated heterocycles. The van der Waals surface area contributed by atoms with Crippen molar-refractivity contribution in [1.82, 2.24) is 13.6 Å². The second-order valence-corrected chi connectivity index (χ2v) is 7.33. The van der Waals surface area contributed by atoms with E-state index in [1.165, 1.54) is 12.1 Å². The fraction of sp³-hybridized carbons (Fsp3) is 0.316. The number of hydrogen-bond donors (Lipinski definition) is 1. The Morgan fingerprint density at radius 2 is 1.83 bits per heavy atom. The van der Waals surface area contributed by atoms with Crippen LogP contribution in [0.25, 0.3) is 11.0 Å². The number of fused-ring (bicyclic) bond motifs is 1. The Labute approximate surface area is 169 Å². The second-order valence-electron chi connectivity index (χ2n) is 6.80. The molecule has 4 rings (SSSR count). The number of amides is 1. The third kappa shape index (κ3) is 4.48. The molecule has 1 aliphatic heterocycles. The van der Waals surface area contributed by atoms with Crippen molar-refractivity contribution in [2.45, 2.75) is 6.18 Å². The number of halogens is 3. The first kappa shape index (κ1) is 19.6. The van der Waals surface area contributed by atoms with E-state index in [0.717, 1.165) is 23.3 Å². The van der Waals surface area contributed by atoms with Gasteiger partial charge in [0.2, 0.25) is 5.91 Å². The van der Waals surface area contributed by atoms with E-state index in [2.05, 4.69) is 14.1 Å². The number of benzene rings is 2. The van der Waals surface area contributed by atoms with Gasteiger partial charge in [-0.3, -0.25) is 9.69 Å². The zero-order valence-corrected chi connectivity index (χ0v) is 16.1. The van der Waals surface area contributed by atoms with Gasteiger partial charge >= 0.3 is 6.18 Å². The molecule has 10 heteroatoms. The molecular weight excluding hydrogens is 403 g/mol. The number of piperazine rings is 1. The van der Waals surface area contributed by atoms with Gasteiger partial charge in [-0.15, -0.1) is 0 Å². The maximum Gasteiger partial charge on any atom is 0.416 e. The number of aromatic nitrogens is 2. The maximum absolute atomic E-state index is 12.9. The van der Waals surface area contributed by atoms with Gasteiger partial charge in [0, 0.05) is 31.9 Å². The van der Waals surface area contributed by atoms with Crippen LogP contribution in [-0.2, 0) is 11.0 Å². The largest absolute Gasteiger partial charge is 0.416 e. The van der Waals surface area contributed by atoms with Crippen molar-refractivity contribution in [3.05, 3.63) is 48.0 Å². The van der Waals surface area contributed by atoms with Crippen LogP contribution in [0, 0.1) is 0 Å². The number of anilines is 2. The molecular formula is C19H18F3N5OS. The molecule has 0 spiro atoms. The number of hydrogen-bond acceptors (Lipinski definition) is 6. The van der Waals surface area contributed by atoms with Crippen molar-refractivity contribution in [1.29, 1.82) is 0 Å². The SMILES string of the molecule is O=C(CN1CCN(c2cccc(C(F)(F)F)c2)CC1)Nc1cccc2nsnc12.